The summed E-state index contributed by atoms with van der Waals surface area (Å²) < 4.78 is 104. The Kier molecular flexibility index (Phi) is 31.9. The Balaban J connectivity index is 0.000000277. The number of benzene rings is 11. The number of rotatable bonds is 12. The summed E-state index contributed by atoms with van der Waals surface area (Å²) in [4.78, 5) is 25.2. The molecule has 0 saturated carbocycles. The van der Waals surface area contributed by atoms with E-state index in [4.69, 9.17) is 53.8 Å². The number of aryl methyl sites for hydroxylation is 1. The van der Waals surface area contributed by atoms with E-state index in [2.05, 4.69) is 352 Å². The van der Waals surface area contributed by atoms with E-state index in [-0.39, 0.29) is 57.5 Å². The van der Waals surface area contributed by atoms with Crippen LogP contribution in [0.15, 0.2) is 298 Å². The third-order valence-electron chi connectivity index (χ3n) is 24.9. The number of nitrogens with zero attached hydrogens (tertiary/aromatic N) is 7. The average molecular weight is 1940 g/mol. The van der Waals surface area contributed by atoms with Crippen molar-refractivity contribution in [3.8, 4) is 56.9 Å². The molecule has 0 unspecified atom stereocenters. The maximum Gasteiger partial charge on any atom is 0.251 e. The van der Waals surface area contributed by atoms with Gasteiger partial charge in [0.25, 0.3) is 11.8 Å². The van der Waals surface area contributed by atoms with Crippen molar-refractivity contribution in [1.29, 1.82) is 0 Å². The maximum atomic E-state index is 12.6. The summed E-state index contributed by atoms with van der Waals surface area (Å²) in [5.74, 6) is 2.12. The van der Waals surface area contributed by atoms with Gasteiger partial charge in [-0.25, -0.2) is 13.9 Å². The zero-order valence-corrected chi connectivity index (χ0v) is 85.2. The Morgan fingerprint density at radius 3 is 0.723 bits per heavy atom. The fraction of sp³-hybridized carbons (Fsp3) is 0.336. The van der Waals surface area contributed by atoms with Gasteiger partial charge in [-0.05, 0) is 207 Å². The quantitative estimate of drug-likeness (QED) is 0.0509. The number of amides is 2. The molecule has 0 aliphatic carbocycles. The van der Waals surface area contributed by atoms with Crippen LogP contribution in [-0.2, 0) is 64.6 Å². The summed E-state index contributed by atoms with van der Waals surface area (Å²) in [6.45, 7) is 45.8. The molecule has 0 spiro atoms. The van der Waals surface area contributed by atoms with E-state index in [1.165, 1.54) is 66.8 Å². The first-order chi connectivity index (χ1) is 66.4. The summed E-state index contributed by atoms with van der Waals surface area (Å²) in [6.07, 6.45) is 8.18. The fourth-order valence-corrected chi connectivity index (χ4v) is 17.0. The third kappa shape index (κ3) is 28.2. The number of hydrogen-bond donors (Lipinski definition) is 2. The van der Waals surface area contributed by atoms with E-state index in [0.29, 0.717) is 100 Å². The summed E-state index contributed by atoms with van der Waals surface area (Å²) >= 11 is 0. The Bertz CT molecular complexity index is 5840. The van der Waals surface area contributed by atoms with E-state index in [9.17, 15) is 34.8 Å². The van der Waals surface area contributed by atoms with Gasteiger partial charge >= 0.3 is 33.0 Å². The molecule has 25 heteroatoms. The predicted molar refractivity (Wildman–Crippen MR) is 549 cm³/mol. The smallest absolute Gasteiger partial charge is 0.251 e. The van der Waals surface area contributed by atoms with E-state index < -0.39 is 18.6 Å². The zero-order chi connectivity index (χ0) is 102. The number of carbonyl (C=O) groups is 2. The monoisotopic (exact) mass is 1940 g/mol. The summed E-state index contributed by atoms with van der Waals surface area (Å²) in [5.41, 5.74) is 22.0. The third-order valence-corrected chi connectivity index (χ3v) is 24.9. The number of pyridine rings is 1. The standard InChI is InChI=1S/C84H94N7.C32H38N2O9.F6P/c1-77(2,3)59-20-32-65(33-21-59)83(66-34-22-60(23-35-66)78(4,5)6,67-36-24-61(25-37-67)79(7,8)9)71-44-48-73(49-45-71)90-55-75(85-87-90)57-52-58(54-89(19)53-57)76-56-91(88-86-76)74-50-46-72(47-51-74)84(68-38-26-62(27-39-68)80(10,11)12,69-40-28-63(29-41-69)81(13,14)15)70-42-30-64(31-43-70)82(16,17)18;35-31-25-2-1-3-26(24-25)32(36)34-13-15-41-28-6-10-30(11-7-28)43-23-21-39-19-17-37-16-18-38-20-22-42-29-8-4-27(5-9-29)40-14-12-33-31;1-7(2,3,4,5)6/h20-56H,1-19H3;1-11,24H,12-23H2,(H,33,35)(H,34,36);/q+1;;-1. The Morgan fingerprint density at radius 1 is 0.284 bits per heavy atom. The molecule has 14 aromatic rings. The Hall–Kier alpha value is -13.1. The van der Waals surface area contributed by atoms with Gasteiger partial charge in [-0.2, -0.15) is 0 Å². The van der Waals surface area contributed by atoms with Crippen molar-refractivity contribution >= 4 is 19.6 Å². The van der Waals surface area contributed by atoms with Crippen molar-refractivity contribution in [1.82, 2.24) is 40.6 Å². The fourth-order valence-electron chi connectivity index (χ4n) is 17.0. The van der Waals surface area contributed by atoms with Crippen LogP contribution >= 0.6 is 7.81 Å². The van der Waals surface area contributed by atoms with Crippen molar-refractivity contribution in [3.63, 3.8) is 0 Å². The number of aromatic nitrogens is 7. The zero-order valence-electron chi connectivity index (χ0n) is 84.3. The second-order valence-electron chi connectivity index (χ2n) is 41.9. The molecule has 18 nitrogen and oxygen atoms in total. The molecule has 4 aliphatic heterocycles. The van der Waals surface area contributed by atoms with Crippen LogP contribution in [0.4, 0.5) is 25.2 Å². The van der Waals surface area contributed by atoms with Gasteiger partial charge in [-0.3, -0.25) is 9.59 Å². The number of ether oxygens (including phenoxy) is 7. The van der Waals surface area contributed by atoms with Gasteiger partial charge in [0.15, 0.2) is 12.4 Å². The Labute approximate surface area is 825 Å². The molecule has 18 rings (SSSR count). The maximum absolute atomic E-state index is 12.6. The SMILES string of the molecule is C[n+]1cc(-c2cn(-c3ccc(C(c4ccc(C(C)(C)C)cc4)(c4ccc(C(C)(C)C)cc4)c4ccc(C(C)(C)C)cc4)cc3)nn2)cc(-c2cn(-c3ccc(C(c4ccc(C(C)(C)C)cc4)(c4ccc(C(C)(C)C)cc4)c4ccc(C(C)(C)C)cc4)cc3)nn2)c1.F[P-](F)(F)(F)(F)F.O=C1NCCOc2ccc(cc2)OCCOCCOCCOCCOc2ccc(cc2)OCCNC(=O)c2cccc1c2. The molecule has 4 aliphatic rings. The molecule has 2 N–H and O–H groups in total. The number of hydrogen-bond acceptors (Lipinski definition) is 13. The summed E-state index contributed by atoms with van der Waals surface area (Å²) in [5, 5.41) is 24.7. The van der Waals surface area contributed by atoms with E-state index in [1.807, 2.05) is 53.1 Å². The van der Waals surface area contributed by atoms with Crippen molar-refractivity contribution in [2.75, 3.05) is 79.2 Å². The minimum atomic E-state index is -10.7. The molecule has 742 valence electrons. The van der Waals surface area contributed by atoms with Crippen molar-refractivity contribution in [3.05, 3.63) is 387 Å². The van der Waals surface area contributed by atoms with Gasteiger partial charge in [0.2, 0.25) is 0 Å². The molecular weight excluding hydrogens is 1810 g/mol. The van der Waals surface area contributed by atoms with Gasteiger partial charge < -0.3 is 43.8 Å². The normalized spacial score (nSPS) is 14.8. The second-order valence-corrected chi connectivity index (χ2v) is 43.8. The minimum absolute atomic E-state index is 0.00786. The predicted octanol–water partition coefficient (Wildman–Crippen LogP) is 26.1. The van der Waals surface area contributed by atoms with E-state index in [1.54, 1.807) is 48.5 Å². The summed E-state index contributed by atoms with van der Waals surface area (Å²) in [6, 6.07) is 96.9. The van der Waals surface area contributed by atoms with E-state index >= 15 is 0 Å². The largest absolute Gasteiger partial charge is 0.492 e. The van der Waals surface area contributed by atoms with Gasteiger partial charge in [0.1, 0.15) is 67.9 Å². The van der Waals surface area contributed by atoms with Gasteiger partial charge in [-0.1, -0.05) is 311 Å². The Morgan fingerprint density at radius 2 is 0.489 bits per heavy atom. The van der Waals surface area contributed by atoms with Gasteiger partial charge in [-0.15, -0.1) is 10.2 Å². The first-order valence-electron chi connectivity index (χ1n) is 47.8. The number of carbonyl (C=O) groups excluding carboxylic acids is 2. The van der Waals surface area contributed by atoms with Crippen LogP contribution < -0.4 is 34.1 Å². The second kappa shape index (κ2) is 42.7. The van der Waals surface area contributed by atoms with Crippen molar-refractivity contribution < 1.29 is 72.5 Å². The molecule has 7 heterocycles. The van der Waals surface area contributed by atoms with Crippen LogP contribution in [0.25, 0.3) is 33.9 Å². The van der Waals surface area contributed by atoms with E-state index in [0.717, 1.165) is 45.0 Å². The topological polar surface area (TPSA) is 188 Å². The number of halogens is 6. The van der Waals surface area contributed by atoms with Crippen LogP contribution in [0, 0.1) is 0 Å². The molecule has 0 fully saturated rings. The van der Waals surface area contributed by atoms with Crippen LogP contribution in [-0.4, -0.2) is 121 Å². The molecule has 0 saturated heterocycles. The number of nitrogens with one attached hydrogen (secondary N) is 2. The molecule has 0 radical (unpaired) electrons. The van der Waals surface area contributed by atoms with Crippen molar-refractivity contribution in [2.45, 2.75) is 168 Å². The van der Waals surface area contributed by atoms with Crippen molar-refractivity contribution in [2.24, 2.45) is 7.05 Å². The molecular formula is C116H132F6N9O9P. The van der Waals surface area contributed by atoms with Crippen LogP contribution in [0.5, 0.6) is 23.0 Å². The van der Waals surface area contributed by atoms with Crippen LogP contribution in [0.2, 0.25) is 0 Å². The summed E-state index contributed by atoms with van der Waals surface area (Å²) in [7, 11) is -8.62. The molecule has 3 aromatic heterocycles. The minimum Gasteiger partial charge on any atom is -0.492 e. The first-order valence-corrected chi connectivity index (χ1v) is 49.8. The average Bonchev–Trinajstić information content (AvgIpc) is 1.71. The van der Waals surface area contributed by atoms with Crippen LogP contribution in [0.1, 0.15) is 223 Å². The molecule has 11 aromatic carbocycles. The molecule has 141 heavy (non-hydrogen) atoms. The molecule has 6 bridgehead atoms. The first kappa shape index (κ1) is 105. The van der Waals surface area contributed by atoms with Crippen LogP contribution in [0.3, 0.4) is 0 Å². The van der Waals surface area contributed by atoms with Gasteiger partial charge in [0, 0.05) is 11.1 Å². The molecule has 2 amide bonds. The molecule has 0 atom stereocenters. The van der Waals surface area contributed by atoms with Gasteiger partial charge in [0.05, 0.1) is 98.5 Å².